The number of halogens is 1. The first-order chi connectivity index (χ1) is 14.4. The van der Waals surface area contributed by atoms with E-state index in [9.17, 15) is 13.2 Å². The summed E-state index contributed by atoms with van der Waals surface area (Å²) in [5, 5.41) is 0.397. The summed E-state index contributed by atoms with van der Waals surface area (Å²) in [7, 11) is -3.98. The van der Waals surface area contributed by atoms with Crippen LogP contribution in [0.4, 0.5) is 11.4 Å². The summed E-state index contributed by atoms with van der Waals surface area (Å²) in [6, 6.07) is 9.88. The quantitative estimate of drug-likeness (QED) is 0.702. The van der Waals surface area contributed by atoms with Gasteiger partial charge in [0.2, 0.25) is 9.84 Å². The highest BCUT2D eigenvalue weighted by Crippen LogP contribution is 2.43. The number of anilines is 2. The van der Waals surface area contributed by atoms with E-state index in [4.69, 9.17) is 21.1 Å². The summed E-state index contributed by atoms with van der Waals surface area (Å²) >= 11 is 6.18. The van der Waals surface area contributed by atoms with E-state index in [-0.39, 0.29) is 9.80 Å². The number of ether oxygens (including phenoxy) is 2. The zero-order valence-corrected chi connectivity index (χ0v) is 17.6. The number of sulfone groups is 1. The molecule has 0 atom stereocenters. The Morgan fingerprint density at radius 2 is 1.70 bits per heavy atom. The third-order valence-electron chi connectivity index (χ3n) is 5.41. The fraction of sp³-hybridized carbons (Fsp3) is 0.286. The molecule has 2 aromatic carbocycles. The van der Waals surface area contributed by atoms with Crippen LogP contribution in [0.2, 0.25) is 5.02 Å². The second-order valence-corrected chi connectivity index (χ2v) is 9.63. The topological polar surface area (TPSA) is 76.1 Å². The van der Waals surface area contributed by atoms with Crippen molar-refractivity contribution in [2.75, 3.05) is 31.2 Å². The second-order valence-electron chi connectivity index (χ2n) is 7.31. The minimum Gasteiger partial charge on any atom is -0.486 e. The lowest BCUT2D eigenvalue weighted by Gasteiger charge is -2.31. The third kappa shape index (κ3) is 3.11. The van der Waals surface area contributed by atoms with Crippen molar-refractivity contribution in [1.29, 1.82) is 0 Å². The third-order valence-corrected chi connectivity index (χ3v) is 7.43. The number of nitrogens with zero attached hydrogens (tertiary/aromatic N) is 2. The van der Waals surface area contributed by atoms with Crippen molar-refractivity contribution < 1.29 is 22.7 Å². The largest absolute Gasteiger partial charge is 0.486 e. The van der Waals surface area contributed by atoms with E-state index in [1.54, 1.807) is 34.1 Å². The molecule has 3 heterocycles. The Labute approximate surface area is 179 Å². The molecule has 2 aromatic rings. The van der Waals surface area contributed by atoms with Crippen LogP contribution in [0.3, 0.4) is 0 Å². The Bertz CT molecular complexity index is 1170. The number of benzene rings is 2. The zero-order valence-electron chi connectivity index (χ0n) is 16.0. The maximum Gasteiger partial charge on any atom is 0.267 e. The van der Waals surface area contributed by atoms with Crippen LogP contribution in [0, 0.1) is 0 Å². The molecule has 0 aliphatic carbocycles. The van der Waals surface area contributed by atoms with Crippen molar-refractivity contribution in [1.82, 2.24) is 4.90 Å². The van der Waals surface area contributed by atoms with Crippen LogP contribution < -0.4 is 14.4 Å². The summed E-state index contributed by atoms with van der Waals surface area (Å²) in [4.78, 5) is 16.1. The predicted octanol–water partition coefficient (Wildman–Crippen LogP) is 3.50. The Hall–Kier alpha value is -2.71. The van der Waals surface area contributed by atoms with Gasteiger partial charge in [-0.3, -0.25) is 4.79 Å². The average Bonchev–Trinajstić information content (AvgIpc) is 3.28. The zero-order chi connectivity index (χ0) is 20.9. The van der Waals surface area contributed by atoms with Gasteiger partial charge < -0.3 is 19.3 Å². The SMILES string of the molecule is O=C(C1=CN(c2ccc3c(c2)OCCO3)c2cc(Cl)ccc2S1(=O)=O)N1CCCC1. The van der Waals surface area contributed by atoms with Gasteiger partial charge in [-0.05, 0) is 43.2 Å². The van der Waals surface area contributed by atoms with Gasteiger partial charge in [-0.25, -0.2) is 8.42 Å². The lowest BCUT2D eigenvalue weighted by molar-refractivity contribution is -0.125. The molecule has 1 fully saturated rings. The number of carbonyl (C=O) groups is 1. The molecule has 9 heteroatoms. The standard InChI is InChI=1S/C21H19ClN2O5S/c22-14-3-6-19-16(11-14)24(15-4-5-17-18(12-15)29-10-9-28-17)13-20(30(19,26)27)21(25)23-7-1-2-8-23/h3-6,11-13H,1-2,7-10H2. The molecule has 5 rings (SSSR count). The molecule has 0 N–H and O–H groups in total. The van der Waals surface area contributed by atoms with E-state index in [1.807, 2.05) is 0 Å². The molecule has 0 radical (unpaired) electrons. The Morgan fingerprint density at radius 3 is 2.47 bits per heavy atom. The highest BCUT2D eigenvalue weighted by atomic mass is 35.5. The maximum atomic E-state index is 13.3. The van der Waals surface area contributed by atoms with Gasteiger partial charge in [-0.1, -0.05) is 11.6 Å². The van der Waals surface area contributed by atoms with Gasteiger partial charge in [0.05, 0.1) is 10.6 Å². The van der Waals surface area contributed by atoms with Crippen LogP contribution in [0.1, 0.15) is 12.8 Å². The van der Waals surface area contributed by atoms with Crippen LogP contribution in [0.25, 0.3) is 0 Å². The summed E-state index contributed by atoms with van der Waals surface area (Å²) in [6.45, 7) is 2.02. The number of hydrogen-bond acceptors (Lipinski definition) is 6. The van der Waals surface area contributed by atoms with E-state index < -0.39 is 15.7 Å². The number of likely N-dealkylation sites (tertiary alicyclic amines) is 1. The van der Waals surface area contributed by atoms with Crippen molar-refractivity contribution in [3.63, 3.8) is 0 Å². The smallest absolute Gasteiger partial charge is 0.267 e. The van der Waals surface area contributed by atoms with Crippen LogP contribution >= 0.6 is 11.6 Å². The normalized spacial score (nSPS) is 19.3. The molecule has 7 nitrogen and oxygen atoms in total. The summed E-state index contributed by atoms with van der Waals surface area (Å²) in [5.74, 6) is 0.713. The van der Waals surface area contributed by atoms with E-state index in [1.165, 1.54) is 18.3 Å². The molecule has 1 saturated heterocycles. The second kappa shape index (κ2) is 7.21. The molecule has 0 spiro atoms. The van der Waals surface area contributed by atoms with Crippen molar-refractivity contribution in [2.24, 2.45) is 0 Å². The summed E-state index contributed by atoms with van der Waals surface area (Å²) in [5.41, 5.74) is 1.03. The van der Waals surface area contributed by atoms with Crippen LogP contribution in [0.5, 0.6) is 11.5 Å². The van der Waals surface area contributed by atoms with Crippen LogP contribution in [0.15, 0.2) is 52.4 Å². The average molecular weight is 447 g/mol. The fourth-order valence-corrected chi connectivity index (χ4v) is 5.61. The molecule has 156 valence electrons. The molecule has 0 unspecified atom stereocenters. The molecule has 30 heavy (non-hydrogen) atoms. The van der Waals surface area contributed by atoms with E-state index >= 15 is 0 Å². The van der Waals surface area contributed by atoms with E-state index in [2.05, 4.69) is 0 Å². The molecule has 0 aromatic heterocycles. The maximum absolute atomic E-state index is 13.3. The first-order valence-electron chi connectivity index (χ1n) is 9.70. The Balaban J connectivity index is 1.67. The first-order valence-corrected chi connectivity index (χ1v) is 11.6. The van der Waals surface area contributed by atoms with Crippen LogP contribution in [-0.2, 0) is 14.6 Å². The van der Waals surface area contributed by atoms with Crippen molar-refractivity contribution >= 4 is 38.7 Å². The lowest BCUT2D eigenvalue weighted by atomic mass is 10.2. The molecule has 3 aliphatic heterocycles. The molecule has 1 amide bonds. The first kappa shape index (κ1) is 19.3. The fourth-order valence-electron chi connectivity index (χ4n) is 3.92. The van der Waals surface area contributed by atoms with Gasteiger partial charge in [-0.15, -0.1) is 0 Å². The van der Waals surface area contributed by atoms with Crippen molar-refractivity contribution in [3.05, 3.63) is 52.5 Å². The van der Waals surface area contributed by atoms with Gasteiger partial charge in [0, 0.05) is 36.1 Å². The molecular weight excluding hydrogens is 428 g/mol. The Kier molecular flexibility index (Phi) is 4.63. The van der Waals surface area contributed by atoms with Crippen molar-refractivity contribution in [3.8, 4) is 11.5 Å². The predicted molar refractivity (Wildman–Crippen MR) is 112 cm³/mol. The van der Waals surface area contributed by atoms with E-state index in [0.717, 1.165) is 12.8 Å². The Morgan fingerprint density at radius 1 is 0.967 bits per heavy atom. The van der Waals surface area contributed by atoms with Gasteiger partial charge in [-0.2, -0.15) is 0 Å². The van der Waals surface area contributed by atoms with Gasteiger partial charge >= 0.3 is 0 Å². The lowest BCUT2D eigenvalue weighted by Crippen LogP contribution is -2.35. The van der Waals surface area contributed by atoms with Crippen LogP contribution in [-0.4, -0.2) is 45.5 Å². The highest BCUT2D eigenvalue weighted by molar-refractivity contribution is 7.96. The van der Waals surface area contributed by atoms with Gasteiger partial charge in [0.25, 0.3) is 5.91 Å². The molecule has 3 aliphatic rings. The molecular formula is C21H19ClN2O5S. The molecule has 0 bridgehead atoms. The number of fused-ring (bicyclic) bond motifs is 2. The van der Waals surface area contributed by atoms with Gasteiger partial charge in [0.1, 0.15) is 13.2 Å². The van der Waals surface area contributed by atoms with E-state index in [0.29, 0.717) is 54.2 Å². The van der Waals surface area contributed by atoms with Crippen molar-refractivity contribution in [2.45, 2.75) is 17.7 Å². The summed E-state index contributed by atoms with van der Waals surface area (Å²) < 4.78 is 37.8. The summed E-state index contributed by atoms with van der Waals surface area (Å²) in [6.07, 6.45) is 3.13. The number of hydrogen-bond donors (Lipinski definition) is 0. The molecule has 0 saturated carbocycles. The highest BCUT2D eigenvalue weighted by Gasteiger charge is 2.38. The number of rotatable bonds is 2. The van der Waals surface area contributed by atoms with Gasteiger partial charge in [0.15, 0.2) is 16.4 Å². The monoisotopic (exact) mass is 446 g/mol. The number of carbonyl (C=O) groups excluding carboxylic acids is 1. The minimum absolute atomic E-state index is 0.0480. The minimum atomic E-state index is -3.98. The number of amides is 1.